The molecule has 4 heteroatoms. The molecular weight excluding hydrogens is 146 g/mol. The molecular formula is C7H17NO3. The molecule has 0 saturated heterocycles. The first-order valence-electron chi connectivity index (χ1n) is 3.76. The molecule has 0 aromatic rings. The summed E-state index contributed by atoms with van der Waals surface area (Å²) in [5.74, 6) is 0. The van der Waals surface area contributed by atoms with E-state index in [2.05, 4.69) is 0 Å². The second kappa shape index (κ2) is 7.94. The first-order valence-corrected chi connectivity index (χ1v) is 3.76. The Kier molecular flexibility index (Phi) is 7.83. The molecule has 0 aliphatic rings. The van der Waals surface area contributed by atoms with Gasteiger partial charge >= 0.3 is 0 Å². The maximum absolute atomic E-state index is 8.65. The van der Waals surface area contributed by atoms with Crippen LogP contribution in [0.4, 0.5) is 0 Å². The van der Waals surface area contributed by atoms with Crippen molar-refractivity contribution in [2.45, 2.75) is 12.5 Å². The van der Waals surface area contributed by atoms with Crippen LogP contribution in [0.25, 0.3) is 0 Å². The Balaban J connectivity index is 3.07. The van der Waals surface area contributed by atoms with Crippen molar-refractivity contribution < 1.29 is 14.6 Å². The molecule has 0 saturated carbocycles. The van der Waals surface area contributed by atoms with Crippen molar-refractivity contribution >= 4 is 0 Å². The van der Waals surface area contributed by atoms with Crippen LogP contribution in [0.2, 0.25) is 0 Å². The van der Waals surface area contributed by atoms with Gasteiger partial charge in [0.15, 0.2) is 0 Å². The molecule has 1 atom stereocenters. The number of nitrogens with two attached hydrogens (primary N) is 1. The SMILES string of the molecule is COC(CO)COCCCN. The first-order chi connectivity index (χ1) is 5.35. The van der Waals surface area contributed by atoms with Crippen LogP contribution >= 0.6 is 0 Å². The zero-order valence-corrected chi connectivity index (χ0v) is 6.95. The molecule has 0 aliphatic heterocycles. The summed E-state index contributed by atoms with van der Waals surface area (Å²) in [7, 11) is 1.55. The molecule has 0 bridgehead atoms. The van der Waals surface area contributed by atoms with Gasteiger partial charge in [0.2, 0.25) is 0 Å². The zero-order valence-electron chi connectivity index (χ0n) is 6.95. The highest BCUT2D eigenvalue weighted by atomic mass is 16.5. The van der Waals surface area contributed by atoms with Crippen LogP contribution in [0.15, 0.2) is 0 Å². The lowest BCUT2D eigenvalue weighted by molar-refractivity contribution is -0.0199. The topological polar surface area (TPSA) is 64.7 Å². The average Bonchev–Trinajstić information content (AvgIpc) is 2.05. The van der Waals surface area contributed by atoms with Gasteiger partial charge in [-0.1, -0.05) is 0 Å². The quantitative estimate of drug-likeness (QED) is 0.490. The van der Waals surface area contributed by atoms with Crippen molar-refractivity contribution in [1.29, 1.82) is 0 Å². The maximum Gasteiger partial charge on any atom is 0.103 e. The summed E-state index contributed by atoms with van der Waals surface area (Å²) in [5.41, 5.74) is 5.25. The van der Waals surface area contributed by atoms with Gasteiger partial charge in [0, 0.05) is 13.7 Å². The van der Waals surface area contributed by atoms with E-state index in [0.717, 1.165) is 6.42 Å². The van der Waals surface area contributed by atoms with E-state index in [0.29, 0.717) is 19.8 Å². The van der Waals surface area contributed by atoms with Crippen LogP contribution in [0.1, 0.15) is 6.42 Å². The van der Waals surface area contributed by atoms with Gasteiger partial charge in [0.25, 0.3) is 0 Å². The van der Waals surface area contributed by atoms with E-state index in [9.17, 15) is 0 Å². The fourth-order valence-corrected chi connectivity index (χ4v) is 0.595. The van der Waals surface area contributed by atoms with Crippen molar-refractivity contribution in [1.82, 2.24) is 0 Å². The maximum atomic E-state index is 8.65. The van der Waals surface area contributed by atoms with Gasteiger partial charge in [-0.05, 0) is 13.0 Å². The Bertz CT molecular complexity index is 76.1. The molecule has 0 aliphatic carbocycles. The van der Waals surface area contributed by atoms with E-state index >= 15 is 0 Å². The van der Waals surface area contributed by atoms with Gasteiger partial charge < -0.3 is 20.3 Å². The first kappa shape index (κ1) is 10.8. The van der Waals surface area contributed by atoms with Crippen molar-refractivity contribution in [3.63, 3.8) is 0 Å². The molecule has 0 aromatic heterocycles. The minimum Gasteiger partial charge on any atom is -0.394 e. The number of rotatable bonds is 7. The molecule has 68 valence electrons. The molecule has 0 amide bonds. The summed E-state index contributed by atoms with van der Waals surface area (Å²) >= 11 is 0. The second-order valence-electron chi connectivity index (χ2n) is 2.26. The van der Waals surface area contributed by atoms with Crippen molar-refractivity contribution in [3.05, 3.63) is 0 Å². The number of aliphatic hydroxyl groups is 1. The van der Waals surface area contributed by atoms with Gasteiger partial charge in [-0.2, -0.15) is 0 Å². The third-order valence-corrected chi connectivity index (χ3v) is 1.33. The molecule has 0 fully saturated rings. The van der Waals surface area contributed by atoms with Gasteiger partial charge in [-0.15, -0.1) is 0 Å². The van der Waals surface area contributed by atoms with Crippen molar-refractivity contribution in [2.24, 2.45) is 5.73 Å². The zero-order chi connectivity index (χ0) is 8.53. The van der Waals surface area contributed by atoms with Gasteiger partial charge in [0.05, 0.1) is 13.2 Å². The van der Waals surface area contributed by atoms with Crippen LogP contribution in [-0.4, -0.2) is 44.7 Å². The van der Waals surface area contributed by atoms with Gasteiger partial charge in [-0.3, -0.25) is 0 Å². The Morgan fingerprint density at radius 1 is 1.55 bits per heavy atom. The Morgan fingerprint density at radius 2 is 2.27 bits per heavy atom. The summed E-state index contributed by atoms with van der Waals surface area (Å²) < 4.78 is 10.0. The average molecular weight is 163 g/mol. The standard InChI is InChI=1S/C7H17NO3/c1-10-7(5-9)6-11-4-2-3-8/h7,9H,2-6,8H2,1H3. The smallest absolute Gasteiger partial charge is 0.103 e. The van der Waals surface area contributed by atoms with E-state index in [1.165, 1.54) is 0 Å². The van der Waals surface area contributed by atoms with Gasteiger partial charge in [0.1, 0.15) is 6.10 Å². The van der Waals surface area contributed by atoms with E-state index in [1.807, 2.05) is 0 Å². The van der Waals surface area contributed by atoms with E-state index in [4.69, 9.17) is 20.3 Å². The molecule has 11 heavy (non-hydrogen) atoms. The molecule has 4 nitrogen and oxygen atoms in total. The Morgan fingerprint density at radius 3 is 2.73 bits per heavy atom. The minimum atomic E-state index is -0.201. The molecule has 0 heterocycles. The van der Waals surface area contributed by atoms with Crippen molar-refractivity contribution in [3.8, 4) is 0 Å². The lowest BCUT2D eigenvalue weighted by Gasteiger charge is -2.11. The summed E-state index contributed by atoms with van der Waals surface area (Å²) in [6, 6.07) is 0. The number of hydrogen-bond acceptors (Lipinski definition) is 4. The summed E-state index contributed by atoms with van der Waals surface area (Å²) in [6.45, 7) is 1.71. The molecule has 0 aromatic carbocycles. The minimum absolute atomic E-state index is 0.000868. The highest BCUT2D eigenvalue weighted by Gasteiger charge is 2.03. The number of methoxy groups -OCH3 is 1. The third-order valence-electron chi connectivity index (χ3n) is 1.33. The predicted octanol–water partition coefficient (Wildman–Crippen LogP) is -0.641. The van der Waals surface area contributed by atoms with Crippen molar-refractivity contribution in [2.75, 3.05) is 33.5 Å². The lowest BCUT2D eigenvalue weighted by atomic mass is 10.4. The summed E-state index contributed by atoms with van der Waals surface area (Å²) in [4.78, 5) is 0. The predicted molar refractivity (Wildman–Crippen MR) is 42.4 cm³/mol. The fraction of sp³-hybridized carbons (Fsp3) is 1.00. The second-order valence-corrected chi connectivity index (χ2v) is 2.26. The van der Waals surface area contributed by atoms with Crippen LogP contribution in [0, 0.1) is 0 Å². The van der Waals surface area contributed by atoms with Gasteiger partial charge in [-0.25, -0.2) is 0 Å². The lowest BCUT2D eigenvalue weighted by Crippen LogP contribution is -2.23. The summed E-state index contributed by atoms with van der Waals surface area (Å²) in [5, 5.41) is 8.65. The molecule has 1 unspecified atom stereocenters. The van der Waals surface area contributed by atoms with Crippen LogP contribution in [-0.2, 0) is 9.47 Å². The fourth-order valence-electron chi connectivity index (χ4n) is 0.595. The molecule has 0 radical (unpaired) electrons. The Labute approximate surface area is 67.3 Å². The van der Waals surface area contributed by atoms with E-state index in [-0.39, 0.29) is 12.7 Å². The molecule has 0 spiro atoms. The molecule has 3 N–H and O–H groups in total. The van der Waals surface area contributed by atoms with Crippen LogP contribution in [0.5, 0.6) is 0 Å². The number of ether oxygens (including phenoxy) is 2. The number of aliphatic hydroxyl groups excluding tert-OH is 1. The molecule has 0 rings (SSSR count). The van der Waals surface area contributed by atoms with Crippen LogP contribution < -0.4 is 5.73 Å². The monoisotopic (exact) mass is 163 g/mol. The number of hydrogen-bond donors (Lipinski definition) is 2. The normalized spacial score (nSPS) is 13.4. The largest absolute Gasteiger partial charge is 0.394 e. The van der Waals surface area contributed by atoms with E-state index < -0.39 is 0 Å². The highest BCUT2D eigenvalue weighted by Crippen LogP contribution is 1.90. The van der Waals surface area contributed by atoms with E-state index in [1.54, 1.807) is 7.11 Å². The summed E-state index contributed by atoms with van der Waals surface area (Å²) in [6.07, 6.45) is 0.648. The Hall–Kier alpha value is -0.160. The highest BCUT2D eigenvalue weighted by molar-refractivity contribution is 4.51. The van der Waals surface area contributed by atoms with Crippen LogP contribution in [0.3, 0.4) is 0 Å². The third kappa shape index (κ3) is 6.25.